The van der Waals surface area contributed by atoms with Gasteiger partial charge in [-0.2, -0.15) is 0 Å². The first-order chi connectivity index (χ1) is 54.6. The van der Waals surface area contributed by atoms with Gasteiger partial charge in [0.25, 0.3) is 0 Å². The Hall–Kier alpha value is -7.23. The molecule has 0 amide bonds. The fourth-order valence-corrected chi connectivity index (χ4v) is 20.3. The van der Waals surface area contributed by atoms with Crippen molar-refractivity contribution in [2.24, 2.45) is 0 Å². The zero-order chi connectivity index (χ0) is 76.8. The van der Waals surface area contributed by atoms with Gasteiger partial charge >= 0.3 is 0 Å². The van der Waals surface area contributed by atoms with Gasteiger partial charge in [-0.25, -0.2) is 0 Å². The Morgan fingerprint density at radius 3 is 0.856 bits per heavy atom. The molecule has 16 nitrogen and oxygen atoms in total. The minimum absolute atomic E-state index is 0.131. The average Bonchev–Trinajstić information content (AvgIpc) is 1.63. The second kappa shape index (κ2) is 43.3. The van der Waals surface area contributed by atoms with Crippen LogP contribution in [0, 0.1) is 0 Å². The van der Waals surface area contributed by atoms with Crippen LogP contribution in [0.2, 0.25) is 36.3 Å². The van der Waals surface area contributed by atoms with Gasteiger partial charge in [-0.15, -0.1) is 0 Å². The van der Waals surface area contributed by atoms with Crippen molar-refractivity contribution in [2.75, 3.05) is 26.4 Å². The van der Waals surface area contributed by atoms with Gasteiger partial charge in [-0.05, 0) is 86.3 Å². The molecule has 12 rings (SSSR count). The predicted octanol–water partition coefficient (Wildman–Crippen LogP) is 18.5. The molecule has 590 valence electrons. The Bertz CT molecular complexity index is 3980. The highest BCUT2D eigenvalue weighted by molar-refractivity contribution is 6.74. The van der Waals surface area contributed by atoms with Crippen LogP contribution in [0.15, 0.2) is 273 Å². The average molecular weight is 1540 g/mol. The standard InChI is InChI=1S/C93H114O16Si2/c1-7-110(8-2,9-3)104-68-81-84(96-60-73-44-26-15-27-45-73)86(98-62-75-48-30-17-31-49-75)88(100-64-77-52-34-19-35-53-77)91(106-81)103-67-80-83(95-59-72-42-24-14-25-43-72)87(99-63-76-50-32-18-33-51-76)89(101-65-78-54-36-20-37-55-78)92(107-80)109-93(70-94-58-71-40-22-13-23-41-71)90(102-66-79-56-38-21-39-57-79)85(97-61-74-46-28-16-29-47-74)82(108-93)69-105-111(10-4,11-5)12-6/h13-57,80-92H,7-12,58-70H2,1-6H3/t80-,81?,82-,83-,84?,85-,86?,87+,88?,89-,90+,91?,92-,93+/m1/s1. The van der Waals surface area contributed by atoms with E-state index >= 15 is 0 Å². The zero-order valence-electron chi connectivity index (χ0n) is 65.5. The highest BCUT2D eigenvalue weighted by Crippen LogP contribution is 2.44. The van der Waals surface area contributed by atoms with E-state index in [4.69, 9.17) is 75.2 Å². The first-order valence-corrected chi connectivity index (χ1v) is 45.1. The van der Waals surface area contributed by atoms with Gasteiger partial charge < -0.3 is 75.2 Å². The Balaban J connectivity index is 1.01. The highest BCUT2D eigenvalue weighted by atomic mass is 28.4. The van der Waals surface area contributed by atoms with Gasteiger partial charge in [0.05, 0.1) is 79.3 Å². The quantitative estimate of drug-likeness (QED) is 0.0333. The Kier molecular flexibility index (Phi) is 32.5. The summed E-state index contributed by atoms with van der Waals surface area (Å²) in [7, 11) is -4.58. The summed E-state index contributed by atoms with van der Waals surface area (Å²) >= 11 is 0. The van der Waals surface area contributed by atoms with Gasteiger partial charge in [0.2, 0.25) is 5.79 Å². The number of rotatable bonds is 45. The van der Waals surface area contributed by atoms with Crippen molar-refractivity contribution >= 4 is 16.6 Å². The Morgan fingerprint density at radius 1 is 0.261 bits per heavy atom. The Labute approximate surface area is 660 Å². The van der Waals surface area contributed by atoms with Crippen LogP contribution in [0.4, 0.5) is 0 Å². The van der Waals surface area contributed by atoms with Crippen molar-refractivity contribution in [1.82, 2.24) is 0 Å². The first kappa shape index (κ1) is 83.2. The SMILES string of the molecule is CC[Si](CC)(CC)OCC1OC(OC[C@H]2O[C@H](O[C@]3(COCc4ccccc4)O[C@H](CO[Si](CC)(CC)CC)[C@@H](OCc4ccccc4)[C@@H]3OCc3ccccc3)[C@H](OCc3ccccc3)[C@@H](OCc3ccccc3)[C@@H]2OCc2ccccc2)C(OCc2ccccc2)C(OCc2ccccc2)C1OCc1ccccc1. The number of hydrogen-bond acceptors (Lipinski definition) is 16. The van der Waals surface area contributed by atoms with Gasteiger partial charge in [-0.1, -0.05) is 315 Å². The lowest BCUT2D eigenvalue weighted by molar-refractivity contribution is -0.402. The molecular weight excluding hydrogens is 1430 g/mol. The van der Waals surface area contributed by atoms with E-state index in [0.29, 0.717) is 0 Å². The lowest BCUT2D eigenvalue weighted by Gasteiger charge is -2.49. The molecule has 9 aromatic rings. The molecule has 9 aromatic carbocycles. The zero-order valence-corrected chi connectivity index (χ0v) is 67.5. The first-order valence-electron chi connectivity index (χ1n) is 40.0. The summed E-state index contributed by atoms with van der Waals surface area (Å²) in [5.41, 5.74) is 8.55. The molecule has 3 aliphatic rings. The molecule has 0 N–H and O–H groups in total. The summed E-state index contributed by atoms with van der Waals surface area (Å²) < 4.78 is 120. The van der Waals surface area contributed by atoms with Crippen molar-refractivity contribution in [3.8, 4) is 0 Å². The van der Waals surface area contributed by atoms with E-state index in [1.165, 1.54) is 0 Å². The predicted molar refractivity (Wildman–Crippen MR) is 435 cm³/mol. The maximum atomic E-state index is 8.07. The maximum absolute atomic E-state index is 8.07. The summed E-state index contributed by atoms with van der Waals surface area (Å²) in [5, 5.41) is 0. The lowest BCUT2D eigenvalue weighted by Crippen LogP contribution is -2.65. The molecule has 14 atom stereocenters. The largest absolute Gasteiger partial charge is 0.414 e. The van der Waals surface area contributed by atoms with Crippen LogP contribution >= 0.6 is 0 Å². The van der Waals surface area contributed by atoms with Crippen LogP contribution in [0.1, 0.15) is 91.6 Å². The van der Waals surface area contributed by atoms with E-state index < -0.39 is 102 Å². The number of hydrogen-bond donors (Lipinski definition) is 0. The normalized spacial score (nSPS) is 24.2. The smallest absolute Gasteiger partial charge is 0.224 e. The Morgan fingerprint density at radius 2 is 0.523 bits per heavy atom. The molecule has 3 fully saturated rings. The second-order valence-electron chi connectivity index (χ2n) is 29.1. The van der Waals surface area contributed by atoms with Crippen LogP contribution in [0.25, 0.3) is 0 Å². The minimum Gasteiger partial charge on any atom is -0.414 e. The minimum atomic E-state index is -2.30. The third kappa shape index (κ3) is 23.5. The molecule has 0 saturated carbocycles. The van der Waals surface area contributed by atoms with E-state index in [-0.39, 0.29) is 85.9 Å². The van der Waals surface area contributed by atoms with Gasteiger partial charge in [0, 0.05) is 0 Å². The van der Waals surface area contributed by atoms with E-state index in [1.54, 1.807) is 0 Å². The van der Waals surface area contributed by atoms with Crippen molar-refractivity contribution in [3.63, 3.8) is 0 Å². The fourth-order valence-electron chi connectivity index (χ4n) is 15.0. The summed E-state index contributed by atoms with van der Waals surface area (Å²) in [5.74, 6) is -1.83. The third-order valence-electron chi connectivity index (χ3n) is 22.0. The molecule has 0 aromatic heterocycles. The second-order valence-corrected chi connectivity index (χ2v) is 38.7. The molecule has 0 bridgehead atoms. The molecule has 0 radical (unpaired) electrons. The van der Waals surface area contributed by atoms with Crippen LogP contribution in [0.5, 0.6) is 0 Å². The van der Waals surface area contributed by atoms with Crippen molar-refractivity contribution in [1.29, 1.82) is 0 Å². The maximum Gasteiger partial charge on any atom is 0.224 e. The fraction of sp³-hybridized carbons (Fsp3) is 0.419. The molecule has 3 heterocycles. The summed E-state index contributed by atoms with van der Waals surface area (Å²) in [4.78, 5) is 0. The molecule has 3 aliphatic heterocycles. The van der Waals surface area contributed by atoms with Crippen LogP contribution in [-0.2, 0) is 135 Å². The van der Waals surface area contributed by atoms with Gasteiger partial charge in [0.1, 0.15) is 73.8 Å². The molecule has 111 heavy (non-hydrogen) atoms. The summed E-state index contributed by atoms with van der Waals surface area (Å²) in [6.45, 7) is 15.3. The topological polar surface area (TPSA) is 148 Å². The molecule has 3 saturated heterocycles. The molecule has 5 unspecified atom stereocenters. The van der Waals surface area contributed by atoms with Gasteiger partial charge in [0.15, 0.2) is 29.2 Å². The molecule has 0 aliphatic carbocycles. The van der Waals surface area contributed by atoms with E-state index in [0.717, 1.165) is 86.3 Å². The van der Waals surface area contributed by atoms with Crippen molar-refractivity contribution in [3.05, 3.63) is 323 Å². The lowest BCUT2D eigenvalue weighted by atomic mass is 9.96. The highest BCUT2D eigenvalue weighted by Gasteiger charge is 2.63. The molecule has 0 spiro atoms. The van der Waals surface area contributed by atoms with Crippen LogP contribution < -0.4 is 0 Å². The van der Waals surface area contributed by atoms with Crippen molar-refractivity contribution in [2.45, 2.75) is 223 Å². The van der Waals surface area contributed by atoms with Crippen LogP contribution in [0.3, 0.4) is 0 Å². The van der Waals surface area contributed by atoms with E-state index in [1.807, 2.05) is 200 Å². The van der Waals surface area contributed by atoms with Crippen molar-refractivity contribution < 1.29 is 75.2 Å². The van der Waals surface area contributed by atoms with Gasteiger partial charge in [-0.3, -0.25) is 0 Å². The van der Waals surface area contributed by atoms with Crippen LogP contribution in [-0.4, -0.2) is 129 Å². The van der Waals surface area contributed by atoms with E-state index in [2.05, 4.69) is 114 Å². The monoisotopic (exact) mass is 1540 g/mol. The number of benzene rings is 9. The molecular formula is C93H114O16Si2. The molecule has 18 heteroatoms. The summed E-state index contributed by atoms with van der Waals surface area (Å²) in [6.07, 6.45) is -12.2. The number of ether oxygens (including phenoxy) is 14. The van der Waals surface area contributed by atoms with E-state index in [9.17, 15) is 0 Å². The third-order valence-corrected chi connectivity index (χ3v) is 31.3. The summed E-state index contributed by atoms with van der Waals surface area (Å²) in [6, 6.07) is 96.7.